The zero-order chi connectivity index (χ0) is 29.5. The van der Waals surface area contributed by atoms with Crippen LogP contribution in [-0.4, -0.2) is 76.4 Å². The molecule has 2 fully saturated rings. The number of piperidine rings is 1. The van der Waals surface area contributed by atoms with Crippen LogP contribution in [0.2, 0.25) is 0 Å². The van der Waals surface area contributed by atoms with Crippen molar-refractivity contribution in [3.63, 3.8) is 0 Å². The van der Waals surface area contributed by atoms with E-state index in [0.29, 0.717) is 30.1 Å². The van der Waals surface area contributed by atoms with Gasteiger partial charge in [0.15, 0.2) is 0 Å². The molecule has 1 spiro atoms. The van der Waals surface area contributed by atoms with Gasteiger partial charge in [-0.25, -0.2) is 14.5 Å². The monoisotopic (exact) mass is 587 g/mol. The second-order valence-corrected chi connectivity index (χ2v) is 12.1. The average molecular weight is 588 g/mol. The Morgan fingerprint density at radius 2 is 1.91 bits per heavy atom. The van der Waals surface area contributed by atoms with Crippen LogP contribution in [0.4, 0.5) is 14.7 Å². The summed E-state index contributed by atoms with van der Waals surface area (Å²) >= 11 is 0. The van der Waals surface area contributed by atoms with E-state index in [0.717, 1.165) is 60.4 Å². The molecule has 6 heterocycles. The van der Waals surface area contributed by atoms with Crippen molar-refractivity contribution in [2.75, 3.05) is 38.3 Å². The van der Waals surface area contributed by atoms with Crippen LogP contribution in [0.25, 0.3) is 16.6 Å². The van der Waals surface area contributed by atoms with Gasteiger partial charge in [-0.1, -0.05) is 6.07 Å². The number of nitrogens with two attached hydrogens (primary N) is 1. The maximum Gasteiger partial charge on any atom is 0.387 e. The van der Waals surface area contributed by atoms with Gasteiger partial charge in [-0.3, -0.25) is 4.79 Å². The lowest BCUT2D eigenvalue weighted by atomic mass is 9.75. The lowest BCUT2D eigenvalue weighted by Gasteiger charge is -2.40. The average Bonchev–Trinajstić information content (AvgIpc) is 3.66. The molecule has 12 heteroatoms. The number of halogens is 2. The highest BCUT2D eigenvalue weighted by molar-refractivity contribution is 5.98. The van der Waals surface area contributed by atoms with Gasteiger partial charge < -0.3 is 25.0 Å². The number of carbonyl (C=O) groups excluding carboxylic acids is 1. The van der Waals surface area contributed by atoms with Crippen LogP contribution >= 0.6 is 0 Å². The molecule has 1 amide bonds. The van der Waals surface area contributed by atoms with E-state index < -0.39 is 6.61 Å². The molecule has 10 nitrogen and oxygen atoms in total. The van der Waals surface area contributed by atoms with Crippen LogP contribution in [0.3, 0.4) is 0 Å². The van der Waals surface area contributed by atoms with Crippen LogP contribution < -0.4 is 15.4 Å². The van der Waals surface area contributed by atoms with Gasteiger partial charge in [0.1, 0.15) is 5.75 Å². The fourth-order valence-corrected chi connectivity index (χ4v) is 7.52. The van der Waals surface area contributed by atoms with Crippen molar-refractivity contribution in [2.45, 2.75) is 43.9 Å². The Bertz CT molecular complexity index is 1740. The maximum atomic E-state index is 13.4. The lowest BCUT2D eigenvalue weighted by molar-refractivity contribution is -0.0505. The van der Waals surface area contributed by atoms with Gasteiger partial charge in [-0.2, -0.15) is 13.9 Å². The number of rotatable bonds is 4. The number of hydrogen-bond acceptors (Lipinski definition) is 8. The first kappa shape index (κ1) is 26.5. The summed E-state index contributed by atoms with van der Waals surface area (Å²) in [5, 5.41) is 4.85. The molecule has 3 aromatic heterocycles. The van der Waals surface area contributed by atoms with Gasteiger partial charge >= 0.3 is 6.61 Å². The van der Waals surface area contributed by atoms with Crippen molar-refractivity contribution in [1.29, 1.82) is 0 Å². The van der Waals surface area contributed by atoms with E-state index in [1.807, 2.05) is 30.7 Å². The number of alkyl halides is 2. The first-order chi connectivity index (χ1) is 20.8. The summed E-state index contributed by atoms with van der Waals surface area (Å²) in [5.74, 6) is 0.161. The second-order valence-electron chi connectivity index (χ2n) is 12.1. The Morgan fingerprint density at radius 3 is 2.63 bits per heavy atom. The first-order valence-corrected chi connectivity index (χ1v) is 14.6. The molecule has 0 radical (unpaired) electrons. The maximum absolute atomic E-state index is 13.4. The molecule has 2 N–H and O–H groups in total. The van der Waals surface area contributed by atoms with E-state index in [2.05, 4.69) is 4.90 Å². The molecule has 0 saturated carbocycles. The highest BCUT2D eigenvalue weighted by Crippen LogP contribution is 2.53. The van der Waals surface area contributed by atoms with Crippen molar-refractivity contribution in [3.8, 4) is 16.9 Å². The van der Waals surface area contributed by atoms with E-state index in [1.165, 1.54) is 6.07 Å². The van der Waals surface area contributed by atoms with Gasteiger partial charge in [0.25, 0.3) is 5.91 Å². The molecule has 43 heavy (non-hydrogen) atoms. The molecular weight excluding hydrogens is 556 g/mol. The van der Waals surface area contributed by atoms with Gasteiger partial charge in [0.2, 0.25) is 5.95 Å². The summed E-state index contributed by atoms with van der Waals surface area (Å²) in [7, 11) is 1.74. The van der Waals surface area contributed by atoms with Gasteiger partial charge in [0, 0.05) is 78.4 Å². The minimum Gasteiger partial charge on any atom is -0.434 e. The van der Waals surface area contributed by atoms with Crippen molar-refractivity contribution in [1.82, 2.24) is 24.5 Å². The van der Waals surface area contributed by atoms with Crippen molar-refractivity contribution >= 4 is 17.4 Å². The number of benzene rings is 1. The molecule has 1 aliphatic carbocycles. The molecule has 8 rings (SSSR count). The third-order valence-electron chi connectivity index (χ3n) is 9.96. The summed E-state index contributed by atoms with van der Waals surface area (Å²) in [4.78, 5) is 26.6. The van der Waals surface area contributed by atoms with E-state index >= 15 is 0 Å². The quantitative estimate of drug-likeness (QED) is 0.382. The molecule has 1 aromatic carbocycles. The topological polar surface area (TPSA) is 111 Å². The largest absolute Gasteiger partial charge is 0.434 e. The summed E-state index contributed by atoms with van der Waals surface area (Å²) in [5.41, 5.74) is 11.6. The second kappa shape index (κ2) is 9.68. The lowest BCUT2D eigenvalue weighted by Crippen LogP contribution is -2.49. The normalized spacial score (nSPS) is 24.1. The number of ether oxygens (including phenoxy) is 2. The Labute approximate surface area is 246 Å². The fourth-order valence-electron chi connectivity index (χ4n) is 7.52. The zero-order valence-electron chi connectivity index (χ0n) is 23.6. The number of fused-ring (bicyclic) bond motifs is 9. The van der Waals surface area contributed by atoms with Crippen LogP contribution in [0.5, 0.6) is 5.75 Å². The Morgan fingerprint density at radius 1 is 1.12 bits per heavy atom. The van der Waals surface area contributed by atoms with Crippen molar-refractivity contribution < 1.29 is 23.0 Å². The predicted octanol–water partition coefficient (Wildman–Crippen LogP) is 4.00. The number of nitrogens with zero attached hydrogens (tertiary/aromatic N) is 6. The summed E-state index contributed by atoms with van der Waals surface area (Å²) in [6, 6.07) is 8.56. The summed E-state index contributed by atoms with van der Waals surface area (Å²) < 4.78 is 39.2. The van der Waals surface area contributed by atoms with Crippen LogP contribution in [0.15, 0.2) is 48.9 Å². The van der Waals surface area contributed by atoms with Gasteiger partial charge in [-0.15, -0.1) is 0 Å². The third-order valence-corrected chi connectivity index (χ3v) is 9.96. The molecule has 3 unspecified atom stereocenters. The highest BCUT2D eigenvalue weighted by atomic mass is 19.3. The smallest absolute Gasteiger partial charge is 0.387 e. The number of amides is 1. The first-order valence-electron chi connectivity index (χ1n) is 14.6. The van der Waals surface area contributed by atoms with E-state index in [9.17, 15) is 13.6 Å². The van der Waals surface area contributed by atoms with Crippen molar-refractivity contribution in [2.24, 2.45) is 11.1 Å². The summed E-state index contributed by atoms with van der Waals surface area (Å²) in [6.45, 7) is 0.0234. The van der Waals surface area contributed by atoms with Crippen LogP contribution in [0, 0.1) is 5.41 Å². The SMILES string of the molecule is CN1C(=O)c2cccc(OC(F)F)c2C2CC1c1nn3ccc(-c4cnc(N5CCC6(CC5)COCC6N)nc4)cc3c12. The molecule has 4 aliphatic rings. The molecule has 2 bridgehead atoms. The molecule has 3 atom stereocenters. The third kappa shape index (κ3) is 4.03. The minimum absolute atomic E-state index is 0.0262. The molecule has 3 aliphatic heterocycles. The standard InChI is InChI=1S/C31H31F2N7O3/c1-38-22-12-20(25-19(28(38)41)3-2-4-23(25)43-29(32)33)26-21-11-17(5-8-40(21)37-27(22)26)18-13-35-30(36-14-18)39-9-6-31(7-10-39)16-42-15-24(31)34/h2-5,8,11,13-14,20,22,24,29H,6-7,9-10,12,15-16,34H2,1H3. The van der Waals surface area contributed by atoms with E-state index in [-0.39, 0.29) is 35.1 Å². The Hall–Kier alpha value is -4.16. The van der Waals surface area contributed by atoms with E-state index in [1.54, 1.807) is 28.6 Å². The molecule has 2 saturated heterocycles. The number of aromatic nitrogens is 4. The number of anilines is 1. The minimum atomic E-state index is -3.00. The van der Waals surface area contributed by atoms with Crippen molar-refractivity contribution in [3.05, 3.63) is 71.3 Å². The molecular formula is C31H31F2N7O3. The van der Waals surface area contributed by atoms with Gasteiger partial charge in [-0.05, 0) is 49.1 Å². The van der Waals surface area contributed by atoms with E-state index in [4.69, 9.17) is 30.3 Å². The summed E-state index contributed by atoms with van der Waals surface area (Å²) in [6.07, 6.45) is 8.00. The fraction of sp³-hybridized carbons (Fsp3) is 0.419. The zero-order valence-corrected chi connectivity index (χ0v) is 23.6. The molecule has 4 aromatic rings. The Balaban J connectivity index is 1.13. The highest BCUT2D eigenvalue weighted by Gasteiger charge is 2.46. The molecule has 222 valence electrons. The number of carbonyl (C=O) groups is 1. The van der Waals surface area contributed by atoms with Crippen LogP contribution in [0.1, 0.15) is 58.4 Å². The predicted molar refractivity (Wildman–Crippen MR) is 153 cm³/mol. The van der Waals surface area contributed by atoms with Crippen LogP contribution in [-0.2, 0) is 4.74 Å². The number of pyridine rings is 1. The van der Waals surface area contributed by atoms with Gasteiger partial charge in [0.05, 0.1) is 30.5 Å². The Kier molecular flexibility index (Phi) is 5.96. The number of hydrogen-bond donors (Lipinski definition) is 1.